The molecule has 0 aliphatic heterocycles. The minimum absolute atomic E-state index is 0.110. The van der Waals surface area contributed by atoms with Crippen molar-refractivity contribution < 1.29 is 9.59 Å². The Morgan fingerprint density at radius 3 is 2.79 bits per heavy atom. The number of nitrogens with two attached hydrogens (primary N) is 2. The van der Waals surface area contributed by atoms with E-state index in [1.54, 1.807) is 31.2 Å². The zero-order valence-electron chi connectivity index (χ0n) is 10.8. The number of amides is 2. The molecule has 1 atom stereocenters. The van der Waals surface area contributed by atoms with E-state index in [2.05, 4.69) is 17.2 Å². The summed E-state index contributed by atoms with van der Waals surface area (Å²) in [5, 5.41) is 2.70. The summed E-state index contributed by atoms with van der Waals surface area (Å²) in [6, 6.07) is 6.60. The van der Waals surface area contributed by atoms with Crippen LogP contribution < -0.4 is 16.8 Å². The van der Waals surface area contributed by atoms with Crippen molar-refractivity contribution in [3.8, 4) is 11.8 Å². The first kappa shape index (κ1) is 14.7. The molecule has 100 valence electrons. The third-order valence-corrected chi connectivity index (χ3v) is 2.34. The minimum Gasteiger partial charge on any atom is -0.370 e. The first-order chi connectivity index (χ1) is 9.02. The number of rotatable bonds is 4. The fourth-order valence-corrected chi connectivity index (χ4v) is 1.55. The number of benzene rings is 1. The smallest absolute Gasteiger partial charge is 0.251 e. The summed E-state index contributed by atoms with van der Waals surface area (Å²) in [6.07, 6.45) is 0.110. The zero-order chi connectivity index (χ0) is 14.3. The molecule has 0 spiro atoms. The third-order valence-electron chi connectivity index (χ3n) is 2.34. The molecule has 0 aromatic heterocycles. The van der Waals surface area contributed by atoms with Gasteiger partial charge in [-0.1, -0.05) is 17.9 Å². The van der Waals surface area contributed by atoms with Gasteiger partial charge in [0.2, 0.25) is 5.91 Å². The fourth-order valence-electron chi connectivity index (χ4n) is 1.55. The molecule has 0 saturated heterocycles. The lowest BCUT2D eigenvalue weighted by Gasteiger charge is -2.12. The topological polar surface area (TPSA) is 98.2 Å². The van der Waals surface area contributed by atoms with Gasteiger partial charge in [-0.3, -0.25) is 9.59 Å². The summed E-state index contributed by atoms with van der Waals surface area (Å²) in [5.74, 6) is 4.87. The van der Waals surface area contributed by atoms with Crippen LogP contribution in [0.25, 0.3) is 0 Å². The van der Waals surface area contributed by atoms with Gasteiger partial charge in [0, 0.05) is 23.6 Å². The van der Waals surface area contributed by atoms with Gasteiger partial charge >= 0.3 is 0 Å². The predicted molar refractivity (Wildman–Crippen MR) is 73.1 cm³/mol. The van der Waals surface area contributed by atoms with Crippen LogP contribution in [-0.4, -0.2) is 24.4 Å². The maximum atomic E-state index is 11.9. The van der Waals surface area contributed by atoms with Crippen LogP contribution in [0.5, 0.6) is 0 Å². The molecule has 0 radical (unpaired) electrons. The average Bonchev–Trinajstić information content (AvgIpc) is 2.35. The average molecular weight is 259 g/mol. The SMILES string of the molecule is CC(CC(N)=O)NC(=O)c1cccc(C#CCN)c1. The molecular weight excluding hydrogens is 242 g/mol. The highest BCUT2D eigenvalue weighted by atomic mass is 16.2. The van der Waals surface area contributed by atoms with E-state index in [1.165, 1.54) is 0 Å². The maximum Gasteiger partial charge on any atom is 0.251 e. The highest BCUT2D eigenvalue weighted by Gasteiger charge is 2.11. The van der Waals surface area contributed by atoms with Crippen LogP contribution >= 0.6 is 0 Å². The van der Waals surface area contributed by atoms with Crippen molar-refractivity contribution in [3.63, 3.8) is 0 Å². The standard InChI is InChI=1S/C14H17N3O2/c1-10(8-13(16)18)17-14(19)12-6-2-4-11(9-12)5-3-7-15/h2,4,6,9-10H,7-8,15H2,1H3,(H2,16,18)(H,17,19). The Hall–Kier alpha value is -2.32. The van der Waals surface area contributed by atoms with E-state index in [4.69, 9.17) is 11.5 Å². The minimum atomic E-state index is -0.449. The third kappa shape index (κ3) is 5.23. The molecule has 1 aromatic carbocycles. The highest BCUT2D eigenvalue weighted by Crippen LogP contribution is 2.05. The Labute approximate surface area is 112 Å². The van der Waals surface area contributed by atoms with Gasteiger partial charge in [0.25, 0.3) is 5.91 Å². The summed E-state index contributed by atoms with van der Waals surface area (Å²) in [6.45, 7) is 1.99. The van der Waals surface area contributed by atoms with Gasteiger partial charge in [-0.25, -0.2) is 0 Å². The zero-order valence-corrected chi connectivity index (χ0v) is 10.8. The molecule has 5 heteroatoms. The predicted octanol–water partition coefficient (Wildman–Crippen LogP) is -0.00950. The van der Waals surface area contributed by atoms with Crippen LogP contribution in [-0.2, 0) is 4.79 Å². The quantitative estimate of drug-likeness (QED) is 0.663. The molecule has 0 heterocycles. The Bertz CT molecular complexity index is 529. The first-order valence-corrected chi connectivity index (χ1v) is 5.91. The Kier molecular flexibility index (Phi) is 5.58. The number of nitrogens with one attached hydrogen (secondary N) is 1. The van der Waals surface area contributed by atoms with E-state index in [0.717, 1.165) is 5.56 Å². The molecule has 0 fully saturated rings. The molecule has 2 amide bonds. The lowest BCUT2D eigenvalue weighted by molar-refractivity contribution is -0.118. The molecule has 1 unspecified atom stereocenters. The van der Waals surface area contributed by atoms with Crippen molar-refractivity contribution in [1.82, 2.24) is 5.32 Å². The second-order valence-electron chi connectivity index (χ2n) is 4.13. The van der Waals surface area contributed by atoms with Crippen molar-refractivity contribution in [1.29, 1.82) is 0 Å². The van der Waals surface area contributed by atoms with Crippen LogP contribution in [0.3, 0.4) is 0 Å². The molecule has 0 aliphatic carbocycles. The van der Waals surface area contributed by atoms with E-state index in [1.807, 2.05) is 0 Å². The summed E-state index contributed by atoms with van der Waals surface area (Å²) in [7, 11) is 0. The molecule has 19 heavy (non-hydrogen) atoms. The van der Waals surface area contributed by atoms with Gasteiger partial charge in [-0.15, -0.1) is 0 Å². The number of primary amides is 1. The maximum absolute atomic E-state index is 11.9. The summed E-state index contributed by atoms with van der Waals surface area (Å²) < 4.78 is 0. The molecular formula is C14H17N3O2. The van der Waals surface area contributed by atoms with Crippen LogP contribution in [0, 0.1) is 11.8 Å². The molecule has 0 bridgehead atoms. The second-order valence-corrected chi connectivity index (χ2v) is 4.13. The van der Waals surface area contributed by atoms with E-state index in [0.29, 0.717) is 5.56 Å². The Balaban J connectivity index is 2.74. The Morgan fingerprint density at radius 2 is 2.16 bits per heavy atom. The summed E-state index contributed by atoms with van der Waals surface area (Å²) in [4.78, 5) is 22.7. The molecule has 5 nitrogen and oxygen atoms in total. The second kappa shape index (κ2) is 7.19. The van der Waals surface area contributed by atoms with E-state index in [-0.39, 0.29) is 24.9 Å². The van der Waals surface area contributed by atoms with Gasteiger partial charge in [-0.2, -0.15) is 0 Å². The lowest BCUT2D eigenvalue weighted by atomic mass is 10.1. The van der Waals surface area contributed by atoms with E-state index < -0.39 is 5.91 Å². The summed E-state index contributed by atoms with van der Waals surface area (Å²) >= 11 is 0. The van der Waals surface area contributed by atoms with Crippen LogP contribution in [0.2, 0.25) is 0 Å². The van der Waals surface area contributed by atoms with E-state index >= 15 is 0 Å². The Morgan fingerprint density at radius 1 is 1.42 bits per heavy atom. The van der Waals surface area contributed by atoms with Crippen molar-refractivity contribution in [3.05, 3.63) is 35.4 Å². The van der Waals surface area contributed by atoms with Crippen LogP contribution in [0.15, 0.2) is 24.3 Å². The highest BCUT2D eigenvalue weighted by molar-refractivity contribution is 5.95. The van der Waals surface area contributed by atoms with Gasteiger partial charge < -0.3 is 16.8 Å². The molecule has 1 aromatic rings. The monoisotopic (exact) mass is 259 g/mol. The van der Waals surface area contributed by atoms with Gasteiger partial charge in [0.1, 0.15) is 0 Å². The molecule has 0 aliphatic rings. The normalized spacial score (nSPS) is 11.1. The van der Waals surface area contributed by atoms with Crippen LogP contribution in [0.1, 0.15) is 29.3 Å². The van der Waals surface area contributed by atoms with Gasteiger partial charge in [0.05, 0.1) is 6.54 Å². The fraction of sp³-hybridized carbons (Fsp3) is 0.286. The van der Waals surface area contributed by atoms with Gasteiger partial charge in [0.15, 0.2) is 0 Å². The number of carbonyl (C=O) groups excluding carboxylic acids is 2. The lowest BCUT2D eigenvalue weighted by Crippen LogP contribution is -2.35. The summed E-state index contributed by atoms with van der Waals surface area (Å²) in [5.41, 5.74) is 11.6. The largest absolute Gasteiger partial charge is 0.370 e. The van der Waals surface area contributed by atoms with Crippen molar-refractivity contribution in [2.75, 3.05) is 6.54 Å². The van der Waals surface area contributed by atoms with Gasteiger partial charge in [-0.05, 0) is 25.1 Å². The molecule has 5 N–H and O–H groups in total. The first-order valence-electron chi connectivity index (χ1n) is 5.91. The number of hydrogen-bond acceptors (Lipinski definition) is 3. The molecule has 1 rings (SSSR count). The van der Waals surface area contributed by atoms with Crippen molar-refractivity contribution in [2.24, 2.45) is 11.5 Å². The van der Waals surface area contributed by atoms with Crippen molar-refractivity contribution >= 4 is 11.8 Å². The number of carbonyl (C=O) groups is 2. The number of hydrogen-bond donors (Lipinski definition) is 3. The van der Waals surface area contributed by atoms with Crippen LogP contribution in [0.4, 0.5) is 0 Å². The van der Waals surface area contributed by atoms with E-state index in [9.17, 15) is 9.59 Å². The van der Waals surface area contributed by atoms with Crippen molar-refractivity contribution in [2.45, 2.75) is 19.4 Å². The molecule has 0 saturated carbocycles.